The van der Waals surface area contributed by atoms with Crippen LogP contribution >= 0.6 is 0 Å². The van der Waals surface area contributed by atoms with E-state index in [0.29, 0.717) is 0 Å². The van der Waals surface area contributed by atoms with E-state index in [4.69, 9.17) is 0 Å². The molecule has 180 valence electrons. The Labute approximate surface area is 226 Å². The molecule has 0 saturated carbocycles. The van der Waals surface area contributed by atoms with Crippen LogP contribution in [0.15, 0.2) is 97.3 Å². The van der Waals surface area contributed by atoms with E-state index in [9.17, 15) is 0 Å². The molecule has 2 aliphatic heterocycles. The van der Waals surface area contributed by atoms with Crippen LogP contribution in [0.4, 0.5) is 0 Å². The van der Waals surface area contributed by atoms with Gasteiger partial charge in [0.05, 0.1) is 34.2 Å². The Kier molecular flexibility index (Phi) is 7.24. The van der Waals surface area contributed by atoms with Crippen molar-refractivity contribution in [2.75, 3.05) is 0 Å². The second kappa shape index (κ2) is 11.1. The summed E-state index contributed by atoms with van der Waals surface area (Å²) >= 11 is 0. The van der Waals surface area contributed by atoms with Crippen LogP contribution in [0.1, 0.15) is 22.8 Å². The minimum absolute atomic E-state index is 0. The normalized spacial score (nSPS) is 11.4. The van der Waals surface area contributed by atoms with E-state index in [2.05, 4.69) is 54.2 Å². The van der Waals surface area contributed by atoms with Gasteiger partial charge in [0, 0.05) is 53.9 Å². The number of fused-ring (bicyclic) bond motifs is 8. The summed E-state index contributed by atoms with van der Waals surface area (Å²) in [6.45, 7) is 0. The molecule has 7 heterocycles. The smallest absolute Gasteiger partial charge is 0.0886 e. The van der Waals surface area contributed by atoms with Crippen LogP contribution in [0.2, 0.25) is 0 Å². The van der Waals surface area contributed by atoms with E-state index in [1.54, 1.807) is 12.4 Å². The maximum Gasteiger partial charge on any atom is 0.0886 e. The SMILES string of the molecule is C1=Cc2cc3ccc(cc4nc(cc5ccc(cc1n2)[nH]5)C=C4)[nH]3.[Ru].c1ccc(-c2ccccn2)nc1. The molecule has 0 aromatic carbocycles. The number of hydrogen-bond acceptors (Lipinski definition) is 4. The van der Waals surface area contributed by atoms with Crippen LogP contribution in [0, 0.1) is 0 Å². The van der Waals surface area contributed by atoms with Crippen molar-refractivity contribution in [1.29, 1.82) is 0 Å². The van der Waals surface area contributed by atoms with Crippen molar-refractivity contribution in [1.82, 2.24) is 29.9 Å². The molecule has 0 aliphatic carbocycles. The summed E-state index contributed by atoms with van der Waals surface area (Å²) in [6, 6.07) is 28.0. The Morgan fingerprint density at radius 3 is 1.08 bits per heavy atom. The first-order valence-electron chi connectivity index (χ1n) is 11.6. The third kappa shape index (κ3) is 6.03. The number of aromatic nitrogens is 6. The van der Waals surface area contributed by atoms with E-state index < -0.39 is 0 Å². The molecule has 0 unspecified atom stereocenters. The largest absolute Gasteiger partial charge is 0.355 e. The van der Waals surface area contributed by atoms with Crippen molar-refractivity contribution in [2.45, 2.75) is 0 Å². The summed E-state index contributed by atoms with van der Waals surface area (Å²) in [5.74, 6) is 0. The molecule has 2 aliphatic rings. The maximum absolute atomic E-state index is 4.63. The van der Waals surface area contributed by atoms with Crippen molar-refractivity contribution >= 4 is 46.4 Å². The molecule has 5 aromatic rings. The number of H-pyrrole nitrogens is 2. The molecule has 0 amide bonds. The minimum Gasteiger partial charge on any atom is -0.355 e. The van der Waals surface area contributed by atoms with E-state index in [-0.39, 0.29) is 19.5 Å². The molecule has 6 nitrogen and oxygen atoms in total. The van der Waals surface area contributed by atoms with E-state index in [1.165, 1.54) is 0 Å². The van der Waals surface area contributed by atoms with Crippen LogP contribution in [0.5, 0.6) is 0 Å². The molecule has 2 N–H and O–H groups in total. The minimum atomic E-state index is 0. The molecule has 0 saturated heterocycles. The van der Waals surface area contributed by atoms with E-state index >= 15 is 0 Å². The zero-order valence-corrected chi connectivity index (χ0v) is 21.4. The molecule has 0 spiro atoms. The van der Waals surface area contributed by atoms with Crippen molar-refractivity contribution in [3.8, 4) is 11.4 Å². The van der Waals surface area contributed by atoms with Gasteiger partial charge in [0.25, 0.3) is 0 Å². The van der Waals surface area contributed by atoms with Crippen molar-refractivity contribution in [2.24, 2.45) is 0 Å². The Balaban J connectivity index is 0.000000183. The Morgan fingerprint density at radius 1 is 0.432 bits per heavy atom. The van der Waals surface area contributed by atoms with Crippen LogP contribution < -0.4 is 0 Å². The van der Waals surface area contributed by atoms with Crippen molar-refractivity contribution in [3.05, 3.63) is 120 Å². The molecule has 7 heteroatoms. The van der Waals surface area contributed by atoms with Crippen molar-refractivity contribution < 1.29 is 19.5 Å². The molecule has 37 heavy (non-hydrogen) atoms. The van der Waals surface area contributed by atoms with Crippen LogP contribution in [-0.4, -0.2) is 29.9 Å². The van der Waals surface area contributed by atoms with E-state index in [0.717, 1.165) is 56.2 Å². The van der Waals surface area contributed by atoms with Gasteiger partial charge >= 0.3 is 0 Å². The van der Waals surface area contributed by atoms with Gasteiger partial charge in [-0.15, -0.1) is 0 Å². The van der Waals surface area contributed by atoms with Crippen molar-refractivity contribution in [3.63, 3.8) is 0 Å². The fourth-order valence-electron chi connectivity index (χ4n) is 3.97. The van der Waals surface area contributed by atoms with Gasteiger partial charge in [-0.05, 0) is 97.1 Å². The van der Waals surface area contributed by atoms with Crippen LogP contribution in [-0.2, 0) is 19.5 Å². The average molecular weight is 568 g/mol. The van der Waals surface area contributed by atoms with Gasteiger partial charge in [0.1, 0.15) is 0 Å². The molecule has 0 radical (unpaired) electrons. The van der Waals surface area contributed by atoms with Gasteiger partial charge in [0.15, 0.2) is 0 Å². The predicted molar refractivity (Wildman–Crippen MR) is 146 cm³/mol. The maximum atomic E-state index is 4.63. The predicted octanol–water partition coefficient (Wildman–Crippen LogP) is 6.80. The standard InChI is InChI=1S/C20H14N4.C10H8N2.Ru/c1-2-14-10-16-5-6-18(23-16)12-20-8-7-19(24-20)11-17-4-3-15(22-17)9-13(1)21-14;1-3-7-11-9(5-1)10-6-2-4-8-12-10;/h1-12,21,24H;1-8H;. The molecule has 0 atom stereocenters. The quantitative estimate of drug-likeness (QED) is 0.214. The molecule has 8 bridgehead atoms. The first-order chi connectivity index (χ1) is 17.8. The second-order valence-corrected chi connectivity index (χ2v) is 8.34. The van der Waals surface area contributed by atoms with Crippen LogP contribution in [0.3, 0.4) is 0 Å². The fraction of sp³-hybridized carbons (Fsp3) is 0. The summed E-state index contributed by atoms with van der Waals surface area (Å²) in [5.41, 5.74) is 9.69. The summed E-state index contributed by atoms with van der Waals surface area (Å²) in [6.07, 6.45) is 11.6. The zero-order valence-electron chi connectivity index (χ0n) is 19.7. The first-order valence-corrected chi connectivity index (χ1v) is 11.6. The summed E-state index contributed by atoms with van der Waals surface area (Å²) in [4.78, 5) is 24.4. The molecular formula is C30H22N6Ru. The average Bonchev–Trinajstić information content (AvgIpc) is 3.72. The number of nitrogens with zero attached hydrogens (tertiary/aromatic N) is 4. The van der Waals surface area contributed by atoms with Gasteiger partial charge in [-0.1, -0.05) is 12.1 Å². The topological polar surface area (TPSA) is 83.1 Å². The Hall–Kier alpha value is -4.48. The molecule has 7 rings (SSSR count). The fourth-order valence-corrected chi connectivity index (χ4v) is 3.97. The molecule has 5 aromatic heterocycles. The van der Waals surface area contributed by atoms with Crippen LogP contribution in [0.25, 0.3) is 57.8 Å². The summed E-state index contributed by atoms with van der Waals surface area (Å²) in [7, 11) is 0. The third-order valence-corrected chi connectivity index (χ3v) is 5.63. The Morgan fingerprint density at radius 2 is 0.784 bits per heavy atom. The number of pyridine rings is 2. The summed E-state index contributed by atoms with van der Waals surface area (Å²) < 4.78 is 0. The number of rotatable bonds is 1. The molecule has 0 fully saturated rings. The van der Waals surface area contributed by atoms with Gasteiger partial charge in [-0.25, -0.2) is 9.97 Å². The Bertz CT molecular complexity index is 1520. The monoisotopic (exact) mass is 568 g/mol. The molecular weight excluding hydrogens is 545 g/mol. The van der Waals surface area contributed by atoms with Gasteiger partial charge in [-0.3, -0.25) is 9.97 Å². The second-order valence-electron chi connectivity index (χ2n) is 8.34. The van der Waals surface area contributed by atoms with Gasteiger partial charge in [0.2, 0.25) is 0 Å². The third-order valence-electron chi connectivity index (χ3n) is 5.63. The first kappa shape index (κ1) is 24.2. The number of nitrogens with one attached hydrogen (secondary N) is 2. The number of aromatic amines is 2. The van der Waals surface area contributed by atoms with Gasteiger partial charge in [-0.2, -0.15) is 0 Å². The van der Waals surface area contributed by atoms with Gasteiger partial charge < -0.3 is 9.97 Å². The zero-order chi connectivity index (χ0) is 24.2. The van der Waals surface area contributed by atoms with E-state index in [1.807, 2.05) is 85.0 Å². The number of hydrogen-bond donors (Lipinski definition) is 2. The summed E-state index contributed by atoms with van der Waals surface area (Å²) in [5, 5.41) is 0.